The second-order valence-corrected chi connectivity index (χ2v) is 5.97. The summed E-state index contributed by atoms with van der Waals surface area (Å²) in [7, 11) is 0. The van der Waals surface area contributed by atoms with E-state index in [2.05, 4.69) is 16.0 Å². The summed E-state index contributed by atoms with van der Waals surface area (Å²) in [5.41, 5.74) is 3.98. The Hall–Kier alpha value is -3.47. The third-order valence-electron chi connectivity index (χ3n) is 4.02. The molecule has 1 fully saturated rings. The number of anilines is 2. The lowest BCUT2D eigenvalue weighted by molar-refractivity contribution is -0.388. The molecule has 146 valence electrons. The van der Waals surface area contributed by atoms with Crippen molar-refractivity contribution < 1.29 is 18.1 Å². The van der Waals surface area contributed by atoms with E-state index < -0.39 is 22.4 Å². The predicted octanol–water partition coefficient (Wildman–Crippen LogP) is 3.77. The summed E-state index contributed by atoms with van der Waals surface area (Å²) in [6.45, 7) is 1.75. The molecular weight excluding hydrogens is 377 g/mol. The van der Waals surface area contributed by atoms with Gasteiger partial charge in [0.1, 0.15) is 11.3 Å². The molecule has 0 spiro atoms. The summed E-state index contributed by atoms with van der Waals surface area (Å²) in [5.74, 6) is 0.0316. The maximum absolute atomic E-state index is 13.1. The van der Waals surface area contributed by atoms with Crippen molar-refractivity contribution in [1.29, 1.82) is 5.41 Å². The summed E-state index contributed by atoms with van der Waals surface area (Å²) in [4.78, 5) is 9.73. The molecule has 0 saturated carbocycles. The van der Waals surface area contributed by atoms with Crippen LogP contribution in [0.1, 0.15) is 12.5 Å². The number of hydrogen-bond acceptors (Lipinski definition) is 6. The van der Waals surface area contributed by atoms with Crippen LogP contribution in [0.2, 0.25) is 0 Å². The summed E-state index contributed by atoms with van der Waals surface area (Å²) in [6.07, 6.45) is -4.88. The number of para-hydroxylation sites is 1. The Labute approximate surface area is 157 Å². The minimum atomic E-state index is -4.88. The van der Waals surface area contributed by atoms with Gasteiger partial charge in [0, 0.05) is 6.07 Å². The summed E-state index contributed by atoms with van der Waals surface area (Å²) in [6, 6.07) is 11.2. The molecule has 0 aliphatic carbocycles. The highest BCUT2D eigenvalue weighted by molar-refractivity contribution is 6.48. The molecule has 0 bridgehead atoms. The molecule has 2 aromatic rings. The monoisotopic (exact) mass is 392 g/mol. The average Bonchev–Trinajstić information content (AvgIpc) is 2.93. The highest BCUT2D eigenvalue weighted by Gasteiger charge is 2.38. The average molecular weight is 392 g/mol. The van der Waals surface area contributed by atoms with Crippen LogP contribution in [0, 0.1) is 15.5 Å². The topological polar surface area (TPSA) is 107 Å². The van der Waals surface area contributed by atoms with Gasteiger partial charge in [-0.05, 0) is 31.2 Å². The van der Waals surface area contributed by atoms with Gasteiger partial charge in [-0.1, -0.05) is 18.2 Å². The zero-order chi connectivity index (χ0) is 20.5. The van der Waals surface area contributed by atoms with Gasteiger partial charge < -0.3 is 0 Å². The zero-order valence-electron chi connectivity index (χ0n) is 14.5. The zero-order valence-corrected chi connectivity index (χ0v) is 14.5. The van der Waals surface area contributed by atoms with Crippen LogP contribution in [0.3, 0.4) is 0 Å². The highest BCUT2D eigenvalue weighted by Crippen LogP contribution is 2.37. The summed E-state index contributed by atoms with van der Waals surface area (Å²) >= 11 is 0. The van der Waals surface area contributed by atoms with Gasteiger partial charge in [0.25, 0.3) is 5.69 Å². The number of nitro groups is 1. The molecule has 1 aliphatic heterocycles. The van der Waals surface area contributed by atoms with Crippen LogP contribution in [0.25, 0.3) is 0 Å². The third-order valence-corrected chi connectivity index (χ3v) is 4.02. The van der Waals surface area contributed by atoms with Crippen molar-refractivity contribution >= 4 is 28.6 Å². The van der Waals surface area contributed by atoms with Gasteiger partial charge in [-0.3, -0.25) is 26.0 Å². The molecule has 1 heterocycles. The van der Waals surface area contributed by atoms with E-state index in [0.29, 0.717) is 11.8 Å². The first kappa shape index (κ1) is 19.3. The minimum Gasteiger partial charge on any atom is -0.282 e. The van der Waals surface area contributed by atoms with Crippen molar-refractivity contribution in [2.75, 3.05) is 10.4 Å². The molecule has 1 aliphatic rings. The van der Waals surface area contributed by atoms with E-state index in [1.165, 1.54) is 5.01 Å². The molecule has 3 N–H and O–H groups in total. The van der Waals surface area contributed by atoms with E-state index in [1.54, 1.807) is 31.2 Å². The van der Waals surface area contributed by atoms with Gasteiger partial charge in [0.05, 0.1) is 22.3 Å². The molecule has 11 heteroatoms. The fourth-order valence-corrected chi connectivity index (χ4v) is 2.69. The minimum absolute atomic E-state index is 0.0316. The van der Waals surface area contributed by atoms with Gasteiger partial charge in [0.15, 0.2) is 5.84 Å². The van der Waals surface area contributed by atoms with Crippen molar-refractivity contribution in [2.24, 2.45) is 5.10 Å². The van der Waals surface area contributed by atoms with E-state index in [9.17, 15) is 23.3 Å². The molecule has 8 nitrogen and oxygen atoms in total. The van der Waals surface area contributed by atoms with Crippen LogP contribution in [0.4, 0.5) is 30.2 Å². The Morgan fingerprint density at radius 3 is 2.54 bits per heavy atom. The number of nitro benzene ring substituents is 1. The number of hydrogen-bond donors (Lipinski definition) is 3. The summed E-state index contributed by atoms with van der Waals surface area (Å²) < 4.78 is 39.2. The number of nitrogens with one attached hydrogen (secondary N) is 3. The number of hydrazone groups is 1. The third kappa shape index (κ3) is 3.78. The van der Waals surface area contributed by atoms with E-state index in [4.69, 9.17) is 5.41 Å². The Bertz CT molecular complexity index is 946. The molecule has 28 heavy (non-hydrogen) atoms. The maximum atomic E-state index is 13.1. The van der Waals surface area contributed by atoms with Crippen molar-refractivity contribution in [1.82, 2.24) is 5.43 Å². The largest absolute Gasteiger partial charge is 0.423 e. The maximum Gasteiger partial charge on any atom is 0.423 e. The van der Waals surface area contributed by atoms with Crippen LogP contribution >= 0.6 is 0 Å². The lowest BCUT2D eigenvalue weighted by Crippen LogP contribution is -2.36. The molecule has 1 atom stereocenters. The van der Waals surface area contributed by atoms with Crippen LogP contribution in [-0.4, -0.2) is 22.5 Å². The first-order valence-electron chi connectivity index (χ1n) is 8.08. The van der Waals surface area contributed by atoms with E-state index in [1.807, 2.05) is 6.07 Å². The number of halogens is 3. The summed E-state index contributed by atoms with van der Waals surface area (Å²) in [5, 5.41) is 24.6. The van der Waals surface area contributed by atoms with Crippen LogP contribution in [0.5, 0.6) is 0 Å². The number of alkyl halides is 3. The van der Waals surface area contributed by atoms with Gasteiger partial charge in [-0.15, -0.1) is 0 Å². The lowest BCUT2D eigenvalue weighted by atomic mass is 10.1. The highest BCUT2D eigenvalue weighted by atomic mass is 19.4. The molecule has 0 aromatic heterocycles. The van der Waals surface area contributed by atoms with Crippen molar-refractivity contribution in [3.05, 3.63) is 64.2 Å². The first-order valence-corrected chi connectivity index (χ1v) is 8.08. The molecule has 2 aromatic carbocycles. The van der Waals surface area contributed by atoms with Crippen molar-refractivity contribution in [3.63, 3.8) is 0 Å². The SMILES string of the molecule is C[C@@H]1NN(c2ccccc2)C(=N)/C1=N/Nc1ccc([N+](=O)[O-])c(C(F)(F)F)c1. The molecule has 3 rings (SSSR count). The smallest absolute Gasteiger partial charge is 0.282 e. The Morgan fingerprint density at radius 2 is 1.93 bits per heavy atom. The van der Waals surface area contributed by atoms with E-state index in [-0.39, 0.29) is 23.3 Å². The number of amidine groups is 1. The molecule has 0 amide bonds. The number of rotatable bonds is 4. The molecule has 0 unspecified atom stereocenters. The fourth-order valence-electron chi connectivity index (χ4n) is 2.69. The number of benzene rings is 2. The quantitative estimate of drug-likeness (QED) is 0.542. The van der Waals surface area contributed by atoms with Crippen LogP contribution in [-0.2, 0) is 6.18 Å². The first-order chi connectivity index (χ1) is 13.2. The van der Waals surface area contributed by atoms with Crippen LogP contribution in [0.15, 0.2) is 53.6 Å². The van der Waals surface area contributed by atoms with Gasteiger partial charge in [0.2, 0.25) is 0 Å². The normalized spacial score (nSPS) is 18.6. The van der Waals surface area contributed by atoms with E-state index >= 15 is 0 Å². The molecule has 0 radical (unpaired) electrons. The standard InChI is InChI=1S/C17H15F3N6O2/c1-10-15(16(21)25(24-10)12-5-3-2-4-6-12)23-22-11-7-8-14(26(27)28)13(9-11)17(18,19)20/h2-10,21-22,24H,1H3/b21-16?,23-15+/t10-/m0/s1. The molecular formula is C17H15F3N6O2. The van der Waals surface area contributed by atoms with Gasteiger partial charge in [-0.2, -0.15) is 18.3 Å². The van der Waals surface area contributed by atoms with Crippen molar-refractivity contribution in [2.45, 2.75) is 19.1 Å². The Morgan fingerprint density at radius 1 is 1.25 bits per heavy atom. The van der Waals surface area contributed by atoms with Crippen molar-refractivity contribution in [3.8, 4) is 0 Å². The Kier molecular flexibility index (Phi) is 5.01. The predicted molar refractivity (Wildman–Crippen MR) is 98.4 cm³/mol. The van der Waals surface area contributed by atoms with Gasteiger partial charge in [-0.25, -0.2) is 5.43 Å². The number of nitrogens with zero attached hydrogens (tertiary/aromatic N) is 3. The fraction of sp³-hybridized carbons (Fsp3) is 0.176. The second kappa shape index (κ2) is 7.27. The number of hydrazine groups is 1. The van der Waals surface area contributed by atoms with E-state index in [0.717, 1.165) is 12.1 Å². The lowest BCUT2D eigenvalue weighted by Gasteiger charge is -2.17. The Balaban J connectivity index is 1.85. The second-order valence-electron chi connectivity index (χ2n) is 5.97. The van der Waals surface area contributed by atoms with Gasteiger partial charge >= 0.3 is 6.18 Å². The molecule has 1 saturated heterocycles. The van der Waals surface area contributed by atoms with Crippen LogP contribution < -0.4 is 15.9 Å².